The van der Waals surface area contributed by atoms with Crippen LogP contribution in [0.4, 0.5) is 0 Å². The SMILES string of the molecule is CC(=O)OC(C)C(=O)NCc1ccc(C2OC(CN3CCC(O)(c4ccc(Cl)cc4)CC3)C(C)C(c3ccc(CO)cc3)O2)cc1. The number of ether oxygens (including phenoxy) is 3. The molecule has 5 rings (SSSR count). The zero-order chi connectivity index (χ0) is 32.8. The van der Waals surface area contributed by atoms with E-state index in [9.17, 15) is 19.8 Å². The van der Waals surface area contributed by atoms with Crippen molar-refractivity contribution in [3.05, 3.63) is 106 Å². The molecule has 5 unspecified atom stereocenters. The number of esters is 1. The molecule has 5 atom stereocenters. The van der Waals surface area contributed by atoms with E-state index in [0.717, 1.165) is 40.9 Å². The van der Waals surface area contributed by atoms with Crippen LogP contribution in [0.1, 0.15) is 73.8 Å². The van der Waals surface area contributed by atoms with Gasteiger partial charge in [-0.05, 0) is 54.2 Å². The number of benzene rings is 3. The summed E-state index contributed by atoms with van der Waals surface area (Å²) in [4.78, 5) is 25.8. The molecular formula is C36H43ClN2O7. The summed E-state index contributed by atoms with van der Waals surface area (Å²) in [6.07, 6.45) is -0.654. The van der Waals surface area contributed by atoms with Crippen LogP contribution in [0.3, 0.4) is 0 Å². The normalized spacial score (nSPS) is 23.8. The summed E-state index contributed by atoms with van der Waals surface area (Å²) in [7, 11) is 0. The van der Waals surface area contributed by atoms with Crippen LogP contribution in [0.2, 0.25) is 5.02 Å². The zero-order valence-corrected chi connectivity index (χ0v) is 27.3. The van der Waals surface area contributed by atoms with Crippen LogP contribution in [-0.4, -0.2) is 58.8 Å². The van der Waals surface area contributed by atoms with Gasteiger partial charge in [0.25, 0.3) is 5.91 Å². The summed E-state index contributed by atoms with van der Waals surface area (Å²) in [5.41, 5.74) is 3.59. The minimum Gasteiger partial charge on any atom is -0.453 e. The lowest BCUT2D eigenvalue weighted by atomic mass is 9.84. The van der Waals surface area contributed by atoms with Crippen LogP contribution in [0.5, 0.6) is 0 Å². The van der Waals surface area contributed by atoms with Crippen molar-refractivity contribution in [3.63, 3.8) is 0 Å². The van der Waals surface area contributed by atoms with Gasteiger partial charge in [-0.25, -0.2) is 0 Å². The van der Waals surface area contributed by atoms with Crippen LogP contribution in [0.25, 0.3) is 0 Å². The molecule has 9 nitrogen and oxygen atoms in total. The number of amides is 1. The number of hydrogen-bond donors (Lipinski definition) is 3. The van der Waals surface area contributed by atoms with Crippen molar-refractivity contribution in [2.45, 2.75) is 77.0 Å². The van der Waals surface area contributed by atoms with Crippen molar-refractivity contribution in [1.29, 1.82) is 0 Å². The summed E-state index contributed by atoms with van der Waals surface area (Å²) in [5.74, 6) is -0.842. The van der Waals surface area contributed by atoms with Gasteiger partial charge in [0.05, 0.1) is 24.4 Å². The maximum absolute atomic E-state index is 12.3. The Balaban J connectivity index is 1.28. The first-order valence-electron chi connectivity index (χ1n) is 15.8. The van der Waals surface area contributed by atoms with Crippen molar-refractivity contribution < 1.29 is 34.0 Å². The maximum atomic E-state index is 12.3. The van der Waals surface area contributed by atoms with Gasteiger partial charge in [0.15, 0.2) is 12.4 Å². The standard InChI is InChI=1S/C36H43ClN2O7/c1-23-32(21-39-18-16-36(43,17-19-39)30-12-14-31(37)15-13-30)45-35(46-33(23)28-8-6-27(22-40)7-9-28)29-10-4-26(5-11-29)20-38-34(42)24(2)44-25(3)41/h4-15,23-24,32-33,35,40,43H,16-22H2,1-3H3,(H,38,42). The lowest BCUT2D eigenvalue weighted by Gasteiger charge is -2.45. The number of piperidine rings is 1. The first-order chi connectivity index (χ1) is 22.0. The van der Waals surface area contributed by atoms with E-state index < -0.39 is 24.0 Å². The number of nitrogens with one attached hydrogen (secondary N) is 1. The second-order valence-corrected chi connectivity index (χ2v) is 12.8. The second-order valence-electron chi connectivity index (χ2n) is 12.4. The molecule has 0 aliphatic carbocycles. The minimum absolute atomic E-state index is 0.0253. The molecule has 246 valence electrons. The van der Waals surface area contributed by atoms with Crippen molar-refractivity contribution in [1.82, 2.24) is 10.2 Å². The molecule has 46 heavy (non-hydrogen) atoms. The lowest BCUT2D eigenvalue weighted by molar-refractivity contribution is -0.277. The summed E-state index contributed by atoms with van der Waals surface area (Å²) in [5, 5.41) is 24.4. The molecule has 3 aromatic rings. The van der Waals surface area contributed by atoms with Crippen molar-refractivity contribution >= 4 is 23.5 Å². The molecule has 0 saturated carbocycles. The smallest absolute Gasteiger partial charge is 0.303 e. The molecule has 3 aromatic carbocycles. The van der Waals surface area contributed by atoms with E-state index in [0.29, 0.717) is 24.4 Å². The van der Waals surface area contributed by atoms with Gasteiger partial charge in [0.2, 0.25) is 0 Å². The van der Waals surface area contributed by atoms with Gasteiger partial charge in [0, 0.05) is 49.6 Å². The highest BCUT2D eigenvalue weighted by molar-refractivity contribution is 6.30. The van der Waals surface area contributed by atoms with Gasteiger partial charge in [0.1, 0.15) is 0 Å². The number of aliphatic hydroxyl groups is 2. The Hall–Kier alpha value is -3.31. The van der Waals surface area contributed by atoms with E-state index in [1.165, 1.54) is 13.8 Å². The van der Waals surface area contributed by atoms with E-state index in [-0.39, 0.29) is 37.2 Å². The van der Waals surface area contributed by atoms with Gasteiger partial charge >= 0.3 is 5.97 Å². The topological polar surface area (TPSA) is 118 Å². The molecule has 0 bridgehead atoms. The maximum Gasteiger partial charge on any atom is 0.303 e. The fourth-order valence-corrected chi connectivity index (χ4v) is 6.29. The Kier molecular flexibility index (Phi) is 11.1. The number of rotatable bonds is 10. The summed E-state index contributed by atoms with van der Waals surface area (Å²) in [6, 6.07) is 23.0. The quantitative estimate of drug-likeness (QED) is 0.257. The fraction of sp³-hybridized carbons (Fsp3) is 0.444. The second kappa shape index (κ2) is 15.1. The van der Waals surface area contributed by atoms with E-state index in [1.807, 2.05) is 72.8 Å². The molecule has 3 N–H and O–H groups in total. The minimum atomic E-state index is -0.886. The molecule has 2 heterocycles. The molecule has 2 fully saturated rings. The lowest BCUT2D eigenvalue weighted by Crippen LogP contribution is -2.49. The fourth-order valence-electron chi connectivity index (χ4n) is 6.16. The van der Waals surface area contributed by atoms with Crippen molar-refractivity contribution in [3.8, 4) is 0 Å². The molecule has 1 amide bonds. The number of aliphatic hydroxyl groups excluding tert-OH is 1. The van der Waals surface area contributed by atoms with Crippen molar-refractivity contribution in [2.24, 2.45) is 5.92 Å². The van der Waals surface area contributed by atoms with Gasteiger partial charge < -0.3 is 34.6 Å². The number of halogens is 1. The molecule has 0 spiro atoms. The number of nitrogens with zero attached hydrogens (tertiary/aromatic N) is 1. The predicted molar refractivity (Wildman–Crippen MR) is 174 cm³/mol. The largest absolute Gasteiger partial charge is 0.453 e. The average molecular weight is 651 g/mol. The summed E-state index contributed by atoms with van der Waals surface area (Å²) >= 11 is 6.07. The number of likely N-dealkylation sites (tertiary alicyclic amines) is 1. The Bertz CT molecular complexity index is 1460. The Morgan fingerprint density at radius 3 is 2.20 bits per heavy atom. The summed E-state index contributed by atoms with van der Waals surface area (Å²) in [6.45, 7) is 7.35. The Morgan fingerprint density at radius 2 is 1.59 bits per heavy atom. The highest BCUT2D eigenvalue weighted by atomic mass is 35.5. The van der Waals surface area contributed by atoms with E-state index in [2.05, 4.69) is 17.1 Å². The molecule has 0 aromatic heterocycles. The summed E-state index contributed by atoms with van der Waals surface area (Å²) < 4.78 is 18.2. The van der Waals surface area contributed by atoms with Crippen molar-refractivity contribution in [2.75, 3.05) is 19.6 Å². The molecule has 2 aliphatic heterocycles. The van der Waals surface area contributed by atoms with Crippen LogP contribution < -0.4 is 5.32 Å². The number of hydrogen-bond acceptors (Lipinski definition) is 8. The Labute approximate surface area is 275 Å². The Morgan fingerprint density at radius 1 is 0.978 bits per heavy atom. The predicted octanol–water partition coefficient (Wildman–Crippen LogP) is 5.18. The van der Waals surface area contributed by atoms with E-state index in [1.54, 1.807) is 0 Å². The van der Waals surface area contributed by atoms with Crippen LogP contribution >= 0.6 is 11.6 Å². The molecular weight excluding hydrogens is 608 g/mol. The van der Waals surface area contributed by atoms with Gasteiger partial charge in [-0.1, -0.05) is 79.2 Å². The van der Waals surface area contributed by atoms with Gasteiger partial charge in [-0.3, -0.25) is 9.59 Å². The van der Waals surface area contributed by atoms with E-state index >= 15 is 0 Å². The third-order valence-corrected chi connectivity index (χ3v) is 9.31. The zero-order valence-electron chi connectivity index (χ0n) is 26.5. The van der Waals surface area contributed by atoms with Gasteiger partial charge in [-0.15, -0.1) is 0 Å². The van der Waals surface area contributed by atoms with Crippen LogP contribution in [0.15, 0.2) is 72.8 Å². The molecule has 2 saturated heterocycles. The number of carbonyl (C=O) groups excluding carboxylic acids is 2. The monoisotopic (exact) mass is 650 g/mol. The average Bonchev–Trinajstić information content (AvgIpc) is 3.06. The third kappa shape index (κ3) is 8.34. The van der Waals surface area contributed by atoms with Gasteiger partial charge in [-0.2, -0.15) is 0 Å². The highest BCUT2D eigenvalue weighted by Gasteiger charge is 2.41. The highest BCUT2D eigenvalue weighted by Crippen LogP contribution is 2.42. The molecule has 2 aliphatic rings. The van der Waals surface area contributed by atoms with Crippen LogP contribution in [0, 0.1) is 5.92 Å². The number of carbonyl (C=O) groups is 2. The molecule has 0 radical (unpaired) electrons. The van der Waals surface area contributed by atoms with E-state index in [4.69, 9.17) is 25.8 Å². The first kappa shape index (κ1) is 34.0. The molecule has 10 heteroatoms. The van der Waals surface area contributed by atoms with Crippen LogP contribution in [-0.2, 0) is 42.6 Å². The third-order valence-electron chi connectivity index (χ3n) is 9.06. The first-order valence-corrected chi connectivity index (χ1v) is 16.2.